The van der Waals surface area contributed by atoms with Crippen LogP contribution in [0.1, 0.15) is 19.4 Å². The Balaban J connectivity index is 2.88. The number of hydrogen-bond acceptors (Lipinski definition) is 4. The third-order valence-corrected chi connectivity index (χ3v) is 2.44. The molecule has 0 heterocycles. The summed E-state index contributed by atoms with van der Waals surface area (Å²) in [6.45, 7) is 5.61. The van der Waals surface area contributed by atoms with E-state index in [1.54, 1.807) is 7.11 Å². The van der Waals surface area contributed by atoms with Crippen molar-refractivity contribution in [2.45, 2.75) is 26.3 Å². The molecule has 0 amide bonds. The molecule has 0 fully saturated rings. The highest BCUT2D eigenvalue weighted by atomic mass is 16.5. The normalized spacial score (nSPS) is 12.2. The lowest BCUT2D eigenvalue weighted by Gasteiger charge is -2.16. The Kier molecular flexibility index (Phi) is 6.54. The predicted molar refractivity (Wildman–Crippen MR) is 72.3 cm³/mol. The van der Waals surface area contributed by atoms with Crippen molar-refractivity contribution in [2.75, 3.05) is 26.9 Å². The molecule has 0 aliphatic rings. The summed E-state index contributed by atoms with van der Waals surface area (Å²) in [5.74, 6) is 1.56. The maximum absolute atomic E-state index is 5.85. The van der Waals surface area contributed by atoms with Crippen molar-refractivity contribution in [1.82, 2.24) is 0 Å². The topological polar surface area (TPSA) is 53.7 Å². The summed E-state index contributed by atoms with van der Waals surface area (Å²) in [4.78, 5) is 0. The maximum atomic E-state index is 5.85. The van der Waals surface area contributed by atoms with Gasteiger partial charge in [-0.3, -0.25) is 0 Å². The van der Waals surface area contributed by atoms with Crippen molar-refractivity contribution in [3.05, 3.63) is 23.8 Å². The molecule has 0 bridgehead atoms. The van der Waals surface area contributed by atoms with Gasteiger partial charge >= 0.3 is 0 Å². The summed E-state index contributed by atoms with van der Waals surface area (Å²) in [6.07, 6.45) is 0.767. The Hall–Kier alpha value is -1.26. The molecule has 4 heteroatoms. The van der Waals surface area contributed by atoms with Crippen LogP contribution < -0.4 is 15.2 Å². The largest absolute Gasteiger partial charge is 0.490 e. The molecular weight excluding hydrogens is 230 g/mol. The molecule has 0 saturated carbocycles. The molecule has 0 aliphatic heterocycles. The fourth-order valence-corrected chi connectivity index (χ4v) is 1.73. The summed E-state index contributed by atoms with van der Waals surface area (Å²) < 4.78 is 16.3. The lowest BCUT2D eigenvalue weighted by atomic mass is 10.1. The lowest BCUT2D eigenvalue weighted by molar-refractivity contribution is 0.143. The van der Waals surface area contributed by atoms with Gasteiger partial charge in [-0.15, -0.1) is 0 Å². The van der Waals surface area contributed by atoms with E-state index in [1.807, 2.05) is 32.0 Å². The summed E-state index contributed by atoms with van der Waals surface area (Å²) in [7, 11) is 1.65. The molecule has 0 aliphatic carbocycles. The van der Waals surface area contributed by atoms with Gasteiger partial charge < -0.3 is 19.9 Å². The molecular formula is C14H23NO3. The molecule has 2 N–H and O–H groups in total. The number of nitrogens with two attached hydrogens (primary N) is 1. The van der Waals surface area contributed by atoms with Gasteiger partial charge in [0.05, 0.1) is 13.2 Å². The van der Waals surface area contributed by atoms with Gasteiger partial charge in [-0.2, -0.15) is 0 Å². The Morgan fingerprint density at radius 2 is 2.00 bits per heavy atom. The van der Waals surface area contributed by atoms with Crippen molar-refractivity contribution in [3.8, 4) is 11.5 Å². The standard InChI is InChI=1S/C14H23NO3/c1-4-17-13-7-5-6-12(10-11(2)15)14(13)18-9-8-16-3/h5-7,11H,4,8-10,15H2,1-3H3. The van der Waals surface area contributed by atoms with Crippen LogP contribution in [0.15, 0.2) is 18.2 Å². The Morgan fingerprint density at radius 3 is 2.61 bits per heavy atom. The van der Waals surface area contributed by atoms with Crippen LogP contribution in [0.5, 0.6) is 11.5 Å². The monoisotopic (exact) mass is 253 g/mol. The first-order valence-electron chi connectivity index (χ1n) is 6.31. The predicted octanol–water partition coefficient (Wildman–Crippen LogP) is 2.00. The van der Waals surface area contributed by atoms with E-state index in [2.05, 4.69) is 0 Å². The minimum atomic E-state index is 0.0895. The second-order valence-electron chi connectivity index (χ2n) is 4.20. The minimum absolute atomic E-state index is 0.0895. The highest BCUT2D eigenvalue weighted by molar-refractivity contribution is 5.47. The van der Waals surface area contributed by atoms with E-state index in [0.29, 0.717) is 19.8 Å². The van der Waals surface area contributed by atoms with Gasteiger partial charge in [0.15, 0.2) is 11.5 Å². The second-order valence-corrected chi connectivity index (χ2v) is 4.20. The van der Waals surface area contributed by atoms with Crippen LogP contribution in [0.3, 0.4) is 0 Å². The highest BCUT2D eigenvalue weighted by Gasteiger charge is 2.12. The second kappa shape index (κ2) is 7.95. The van der Waals surface area contributed by atoms with Gasteiger partial charge in [0.25, 0.3) is 0 Å². The Bertz CT molecular complexity index is 353. The molecule has 1 rings (SSSR count). The van der Waals surface area contributed by atoms with Crippen LogP contribution in [-0.4, -0.2) is 33.0 Å². The fourth-order valence-electron chi connectivity index (χ4n) is 1.73. The number of rotatable bonds is 8. The molecule has 0 radical (unpaired) electrons. The van der Waals surface area contributed by atoms with E-state index in [4.69, 9.17) is 19.9 Å². The van der Waals surface area contributed by atoms with Gasteiger partial charge in [-0.05, 0) is 31.9 Å². The first-order valence-corrected chi connectivity index (χ1v) is 6.31. The highest BCUT2D eigenvalue weighted by Crippen LogP contribution is 2.32. The molecule has 4 nitrogen and oxygen atoms in total. The van der Waals surface area contributed by atoms with Gasteiger partial charge in [0.1, 0.15) is 6.61 Å². The summed E-state index contributed by atoms with van der Waals surface area (Å²) in [6, 6.07) is 5.99. The van der Waals surface area contributed by atoms with Gasteiger partial charge in [-0.1, -0.05) is 12.1 Å². The van der Waals surface area contributed by atoms with Crippen LogP contribution in [0, 0.1) is 0 Å². The molecule has 0 aromatic heterocycles. The number of methoxy groups -OCH3 is 1. The van der Waals surface area contributed by atoms with Crippen LogP contribution in [0.25, 0.3) is 0 Å². The summed E-state index contributed by atoms with van der Waals surface area (Å²) in [5, 5.41) is 0. The summed E-state index contributed by atoms with van der Waals surface area (Å²) in [5.41, 5.74) is 6.93. The SMILES string of the molecule is CCOc1cccc(CC(C)N)c1OCCOC. The zero-order valence-electron chi connectivity index (χ0n) is 11.4. The maximum Gasteiger partial charge on any atom is 0.164 e. The van der Waals surface area contributed by atoms with Gasteiger partial charge in [0, 0.05) is 13.2 Å². The molecule has 1 aromatic rings. The Morgan fingerprint density at radius 1 is 1.22 bits per heavy atom. The van der Waals surface area contributed by atoms with Crippen LogP contribution in [-0.2, 0) is 11.2 Å². The number of hydrogen-bond donors (Lipinski definition) is 1. The molecule has 18 heavy (non-hydrogen) atoms. The fraction of sp³-hybridized carbons (Fsp3) is 0.571. The van der Waals surface area contributed by atoms with E-state index < -0.39 is 0 Å². The van der Waals surface area contributed by atoms with E-state index in [9.17, 15) is 0 Å². The Labute approximate surface area is 109 Å². The zero-order chi connectivity index (χ0) is 13.4. The van der Waals surface area contributed by atoms with Gasteiger partial charge in [0.2, 0.25) is 0 Å². The van der Waals surface area contributed by atoms with Crippen molar-refractivity contribution in [1.29, 1.82) is 0 Å². The molecule has 102 valence electrons. The third kappa shape index (κ3) is 4.55. The van der Waals surface area contributed by atoms with E-state index in [0.717, 1.165) is 23.5 Å². The average molecular weight is 253 g/mol. The molecule has 1 unspecified atom stereocenters. The summed E-state index contributed by atoms with van der Waals surface area (Å²) >= 11 is 0. The van der Waals surface area contributed by atoms with Crippen molar-refractivity contribution >= 4 is 0 Å². The van der Waals surface area contributed by atoms with Crippen LogP contribution >= 0.6 is 0 Å². The van der Waals surface area contributed by atoms with Crippen molar-refractivity contribution in [2.24, 2.45) is 5.73 Å². The van der Waals surface area contributed by atoms with E-state index in [1.165, 1.54) is 0 Å². The number of para-hydroxylation sites is 1. The van der Waals surface area contributed by atoms with E-state index in [-0.39, 0.29) is 6.04 Å². The number of benzene rings is 1. The zero-order valence-corrected chi connectivity index (χ0v) is 11.4. The van der Waals surface area contributed by atoms with Crippen LogP contribution in [0.4, 0.5) is 0 Å². The first-order chi connectivity index (χ1) is 8.69. The smallest absolute Gasteiger partial charge is 0.164 e. The number of ether oxygens (including phenoxy) is 3. The molecule has 1 aromatic carbocycles. The lowest BCUT2D eigenvalue weighted by Crippen LogP contribution is -2.19. The molecule has 0 saturated heterocycles. The van der Waals surface area contributed by atoms with E-state index >= 15 is 0 Å². The molecule has 1 atom stereocenters. The van der Waals surface area contributed by atoms with Gasteiger partial charge in [-0.25, -0.2) is 0 Å². The first kappa shape index (κ1) is 14.8. The third-order valence-electron chi connectivity index (χ3n) is 2.44. The van der Waals surface area contributed by atoms with Crippen molar-refractivity contribution < 1.29 is 14.2 Å². The van der Waals surface area contributed by atoms with Crippen LogP contribution in [0.2, 0.25) is 0 Å². The van der Waals surface area contributed by atoms with Crippen molar-refractivity contribution in [3.63, 3.8) is 0 Å². The average Bonchev–Trinajstić information content (AvgIpc) is 2.32. The minimum Gasteiger partial charge on any atom is -0.490 e. The molecule has 0 spiro atoms. The quantitative estimate of drug-likeness (QED) is 0.720.